The van der Waals surface area contributed by atoms with E-state index in [1.165, 1.54) is 25.7 Å². The summed E-state index contributed by atoms with van der Waals surface area (Å²) in [6, 6.07) is 0. The van der Waals surface area contributed by atoms with Gasteiger partial charge in [-0.25, -0.2) is 9.78 Å². The van der Waals surface area contributed by atoms with Crippen molar-refractivity contribution < 1.29 is 9.78 Å². The summed E-state index contributed by atoms with van der Waals surface area (Å²) in [7, 11) is 0. The second-order valence-electron chi connectivity index (χ2n) is 8.53. The zero-order valence-corrected chi connectivity index (χ0v) is 14.7. The summed E-state index contributed by atoms with van der Waals surface area (Å²) in [6.45, 7) is 18.9. The minimum Gasteiger partial charge on any atom is -0.230 e. The Morgan fingerprint density at radius 3 is 1.47 bits per heavy atom. The highest BCUT2D eigenvalue weighted by atomic mass is 17.2. The van der Waals surface area contributed by atoms with Crippen LogP contribution in [0.15, 0.2) is 0 Å². The third kappa shape index (κ3) is 10.4. The van der Waals surface area contributed by atoms with Crippen LogP contribution < -0.4 is 0 Å². The van der Waals surface area contributed by atoms with Crippen LogP contribution in [0.3, 0.4) is 0 Å². The Kier molecular flexibility index (Phi) is 7.05. The number of rotatable bonds is 1. The quantitative estimate of drug-likeness (QED) is 0.446. The number of hydrogen-bond donors (Lipinski definition) is 0. The molecule has 0 saturated heterocycles. The van der Waals surface area contributed by atoms with Crippen LogP contribution in [0, 0.1) is 11.3 Å². The van der Waals surface area contributed by atoms with E-state index in [-0.39, 0.29) is 11.2 Å². The fourth-order valence-electron chi connectivity index (χ4n) is 1.92. The first-order chi connectivity index (χ1) is 8.33. The summed E-state index contributed by atoms with van der Waals surface area (Å²) in [5.74, 6) is 0.950. The van der Waals surface area contributed by atoms with Crippen molar-refractivity contribution >= 4 is 0 Å². The summed E-state index contributed by atoms with van der Waals surface area (Å²) >= 11 is 0. The Balaban J connectivity index is 0.000000342. The van der Waals surface area contributed by atoms with Crippen molar-refractivity contribution in [2.45, 2.75) is 99.2 Å². The van der Waals surface area contributed by atoms with E-state index < -0.39 is 0 Å². The molecule has 116 valence electrons. The van der Waals surface area contributed by atoms with Gasteiger partial charge in [-0.2, -0.15) is 0 Å². The molecule has 1 saturated carbocycles. The van der Waals surface area contributed by atoms with E-state index in [0.717, 1.165) is 5.92 Å². The van der Waals surface area contributed by atoms with E-state index in [4.69, 9.17) is 9.78 Å². The van der Waals surface area contributed by atoms with Gasteiger partial charge in [-0.1, -0.05) is 40.0 Å². The van der Waals surface area contributed by atoms with Gasteiger partial charge in [0, 0.05) is 0 Å². The second kappa shape index (κ2) is 7.08. The lowest BCUT2D eigenvalue weighted by Crippen LogP contribution is -2.27. The lowest BCUT2D eigenvalue weighted by molar-refractivity contribution is -0.393. The van der Waals surface area contributed by atoms with Crippen molar-refractivity contribution in [3.8, 4) is 0 Å². The second-order valence-corrected chi connectivity index (χ2v) is 8.53. The van der Waals surface area contributed by atoms with E-state index in [0.29, 0.717) is 5.41 Å². The molecule has 0 radical (unpaired) electrons. The molecule has 0 aliphatic heterocycles. The van der Waals surface area contributed by atoms with Gasteiger partial charge in [0.05, 0.1) is 11.2 Å². The van der Waals surface area contributed by atoms with Crippen molar-refractivity contribution in [3.63, 3.8) is 0 Å². The summed E-state index contributed by atoms with van der Waals surface area (Å²) in [6.07, 6.45) is 5.81. The topological polar surface area (TPSA) is 18.5 Å². The van der Waals surface area contributed by atoms with Crippen molar-refractivity contribution in [2.75, 3.05) is 0 Å². The third-order valence-corrected chi connectivity index (χ3v) is 3.58. The first kappa shape index (κ1) is 18.9. The van der Waals surface area contributed by atoms with Gasteiger partial charge < -0.3 is 0 Å². The predicted octanol–water partition coefficient (Wildman–Crippen LogP) is 5.75. The molecule has 1 fully saturated rings. The maximum Gasteiger partial charge on any atom is 0.0952 e. The van der Waals surface area contributed by atoms with E-state index in [1.807, 2.05) is 41.5 Å². The van der Waals surface area contributed by atoms with Crippen LogP contribution in [-0.4, -0.2) is 11.2 Å². The minimum atomic E-state index is -0.215. The molecular formula is C17H36O2. The average Bonchev–Trinajstić information content (AvgIpc) is 2.19. The van der Waals surface area contributed by atoms with Gasteiger partial charge in [-0.3, -0.25) is 0 Å². The lowest BCUT2D eigenvalue weighted by atomic mass is 9.70. The van der Waals surface area contributed by atoms with Gasteiger partial charge in [0.25, 0.3) is 0 Å². The fraction of sp³-hybridized carbons (Fsp3) is 1.00. The highest BCUT2D eigenvalue weighted by Gasteiger charge is 2.28. The molecule has 0 amide bonds. The highest BCUT2D eigenvalue weighted by Crippen LogP contribution is 2.39. The normalized spacial score (nSPS) is 23.5. The molecule has 0 aromatic rings. The van der Waals surface area contributed by atoms with Crippen molar-refractivity contribution in [2.24, 2.45) is 11.3 Å². The molecular weight excluding hydrogens is 236 g/mol. The number of hydrogen-bond acceptors (Lipinski definition) is 2. The third-order valence-electron chi connectivity index (χ3n) is 3.58. The molecule has 1 aliphatic carbocycles. The van der Waals surface area contributed by atoms with Crippen LogP contribution in [0.25, 0.3) is 0 Å². The van der Waals surface area contributed by atoms with E-state index >= 15 is 0 Å². The van der Waals surface area contributed by atoms with E-state index in [2.05, 4.69) is 20.8 Å². The average molecular weight is 272 g/mol. The van der Waals surface area contributed by atoms with Crippen LogP contribution >= 0.6 is 0 Å². The van der Waals surface area contributed by atoms with Crippen LogP contribution in [0.5, 0.6) is 0 Å². The van der Waals surface area contributed by atoms with Crippen LogP contribution in [0.4, 0.5) is 0 Å². The van der Waals surface area contributed by atoms with Crippen LogP contribution in [0.1, 0.15) is 88.0 Å². The van der Waals surface area contributed by atoms with Gasteiger partial charge in [0.2, 0.25) is 0 Å². The molecule has 0 bridgehead atoms. The Hall–Kier alpha value is -0.0800. The Morgan fingerprint density at radius 2 is 1.26 bits per heavy atom. The van der Waals surface area contributed by atoms with Gasteiger partial charge >= 0.3 is 0 Å². The molecule has 2 nitrogen and oxygen atoms in total. The van der Waals surface area contributed by atoms with E-state index in [9.17, 15) is 0 Å². The monoisotopic (exact) mass is 272 g/mol. The summed E-state index contributed by atoms with van der Waals surface area (Å²) in [5, 5.41) is 0. The molecule has 0 aromatic heterocycles. The first-order valence-corrected chi connectivity index (χ1v) is 7.70. The van der Waals surface area contributed by atoms with Crippen LogP contribution in [0.2, 0.25) is 0 Å². The maximum atomic E-state index is 5.09. The Morgan fingerprint density at radius 1 is 0.842 bits per heavy atom. The van der Waals surface area contributed by atoms with Crippen molar-refractivity contribution in [3.05, 3.63) is 0 Å². The standard InChI is InChI=1S/C9H18.C8H18O2/c1-8-6-4-5-7-9(8,2)3;1-7(2,3)9-10-8(4,5)6/h8H,4-7H2,1-3H3;1-6H3. The summed E-state index contributed by atoms with van der Waals surface area (Å²) in [5.41, 5.74) is 0.207. The smallest absolute Gasteiger partial charge is 0.0952 e. The molecule has 19 heavy (non-hydrogen) atoms. The van der Waals surface area contributed by atoms with Gasteiger partial charge in [0.1, 0.15) is 0 Å². The van der Waals surface area contributed by atoms with Crippen LogP contribution in [-0.2, 0) is 9.78 Å². The summed E-state index contributed by atoms with van der Waals surface area (Å²) < 4.78 is 0. The zero-order valence-electron chi connectivity index (χ0n) is 14.7. The predicted molar refractivity (Wildman–Crippen MR) is 83.1 cm³/mol. The molecule has 0 heterocycles. The molecule has 1 atom stereocenters. The molecule has 0 aromatic carbocycles. The Bertz CT molecular complexity index is 229. The van der Waals surface area contributed by atoms with Gasteiger partial charge in [-0.05, 0) is 59.3 Å². The molecule has 0 spiro atoms. The minimum absolute atomic E-state index is 0.215. The lowest BCUT2D eigenvalue weighted by Gasteiger charge is -2.36. The van der Waals surface area contributed by atoms with Gasteiger partial charge in [0.15, 0.2) is 0 Å². The molecule has 1 unspecified atom stereocenters. The molecule has 1 aliphatic rings. The molecule has 0 N–H and O–H groups in total. The molecule has 2 heteroatoms. The zero-order chi connectivity index (χ0) is 15.3. The van der Waals surface area contributed by atoms with Crippen molar-refractivity contribution in [1.29, 1.82) is 0 Å². The first-order valence-electron chi connectivity index (χ1n) is 7.70. The summed E-state index contributed by atoms with van der Waals surface area (Å²) in [4.78, 5) is 10.2. The Labute approximate surface area is 121 Å². The fourth-order valence-corrected chi connectivity index (χ4v) is 1.92. The molecule has 1 rings (SSSR count). The van der Waals surface area contributed by atoms with Gasteiger partial charge in [-0.15, -0.1) is 0 Å². The van der Waals surface area contributed by atoms with E-state index in [1.54, 1.807) is 0 Å². The SMILES string of the molecule is CC(C)(C)OOC(C)(C)C.CC1CCCCC1(C)C. The van der Waals surface area contributed by atoms with Crippen molar-refractivity contribution in [1.82, 2.24) is 0 Å². The largest absolute Gasteiger partial charge is 0.230 e. The highest BCUT2D eigenvalue weighted by molar-refractivity contribution is 4.79. The maximum absolute atomic E-state index is 5.09.